The molecule has 0 aliphatic heterocycles. The first kappa shape index (κ1) is 26.9. The summed E-state index contributed by atoms with van der Waals surface area (Å²) in [6, 6.07) is 7.69. The van der Waals surface area contributed by atoms with Gasteiger partial charge in [0.15, 0.2) is 18.1 Å². The summed E-state index contributed by atoms with van der Waals surface area (Å²) in [6.07, 6.45) is 3.70. The van der Waals surface area contributed by atoms with Crippen LogP contribution in [-0.4, -0.2) is 60.3 Å². The minimum Gasteiger partial charge on any atom is -0.493 e. The topological polar surface area (TPSA) is 103 Å². The van der Waals surface area contributed by atoms with Crippen molar-refractivity contribution in [1.29, 1.82) is 0 Å². The molecule has 1 saturated carbocycles. The fraction of sp³-hybridized carbons (Fsp3) is 0.458. The van der Waals surface area contributed by atoms with E-state index in [0.717, 1.165) is 31.2 Å². The van der Waals surface area contributed by atoms with Crippen LogP contribution in [0.5, 0.6) is 23.0 Å². The standard InChI is InChI=1S/C24H31ClN2O7S/c1-27(14-16-11-21(31-2)24(33-4)22(12-16)32-3)23(28)15-34-20-10-9-18(13-19(20)25)35(29,30)26-17-7-5-6-8-17/h9-13,17,26H,5-8,14-15H2,1-4H3. The van der Waals surface area contributed by atoms with Gasteiger partial charge in [-0.3, -0.25) is 4.79 Å². The Bertz CT molecular complexity index is 1130. The first-order valence-corrected chi connectivity index (χ1v) is 13.0. The normalized spacial score (nSPS) is 14.0. The van der Waals surface area contributed by atoms with Gasteiger partial charge < -0.3 is 23.8 Å². The number of methoxy groups -OCH3 is 3. The van der Waals surface area contributed by atoms with Gasteiger partial charge >= 0.3 is 0 Å². The van der Waals surface area contributed by atoms with Crippen molar-refractivity contribution >= 4 is 27.5 Å². The van der Waals surface area contributed by atoms with Crippen LogP contribution < -0.4 is 23.7 Å². The zero-order valence-electron chi connectivity index (χ0n) is 20.3. The van der Waals surface area contributed by atoms with E-state index in [1.54, 1.807) is 19.2 Å². The summed E-state index contributed by atoms with van der Waals surface area (Å²) in [4.78, 5) is 14.2. The molecule has 0 unspecified atom stereocenters. The van der Waals surface area contributed by atoms with Crippen LogP contribution in [0.2, 0.25) is 5.02 Å². The molecule has 3 rings (SSSR count). The molecule has 0 saturated heterocycles. The van der Waals surface area contributed by atoms with Gasteiger partial charge in [0.2, 0.25) is 15.8 Å². The van der Waals surface area contributed by atoms with E-state index >= 15 is 0 Å². The molecule has 9 nitrogen and oxygen atoms in total. The lowest BCUT2D eigenvalue weighted by atomic mass is 10.1. The van der Waals surface area contributed by atoms with Gasteiger partial charge in [-0.2, -0.15) is 0 Å². The number of hydrogen-bond donors (Lipinski definition) is 1. The molecule has 0 bridgehead atoms. The van der Waals surface area contributed by atoms with Crippen LogP contribution in [0.4, 0.5) is 0 Å². The number of carbonyl (C=O) groups is 1. The van der Waals surface area contributed by atoms with Crippen molar-refractivity contribution in [3.63, 3.8) is 0 Å². The summed E-state index contributed by atoms with van der Waals surface area (Å²) in [5, 5.41) is 0.111. The number of likely N-dealkylation sites (N-methyl/N-ethyl adjacent to an activating group) is 1. The summed E-state index contributed by atoms with van der Waals surface area (Å²) < 4.78 is 49.6. The molecule has 0 spiro atoms. The van der Waals surface area contributed by atoms with Gasteiger partial charge in [-0.1, -0.05) is 24.4 Å². The van der Waals surface area contributed by atoms with Gasteiger partial charge in [0, 0.05) is 19.6 Å². The number of ether oxygens (including phenoxy) is 4. The molecule has 1 aliphatic carbocycles. The first-order chi connectivity index (χ1) is 16.7. The number of halogens is 1. The van der Waals surface area contributed by atoms with Gasteiger partial charge in [0.1, 0.15) is 5.75 Å². The summed E-state index contributed by atoms with van der Waals surface area (Å²) in [6.45, 7) is 0.00369. The Hall–Kier alpha value is -2.69. The summed E-state index contributed by atoms with van der Waals surface area (Å²) in [5.41, 5.74) is 0.776. The van der Waals surface area contributed by atoms with Gasteiger partial charge in [-0.25, -0.2) is 13.1 Å². The number of nitrogens with one attached hydrogen (secondary N) is 1. The van der Waals surface area contributed by atoms with Gasteiger partial charge in [0.05, 0.1) is 31.2 Å². The van der Waals surface area contributed by atoms with E-state index in [-0.39, 0.29) is 40.8 Å². The third-order valence-electron chi connectivity index (χ3n) is 5.81. The molecule has 0 heterocycles. The van der Waals surface area contributed by atoms with Crippen molar-refractivity contribution in [2.24, 2.45) is 0 Å². The highest BCUT2D eigenvalue weighted by Crippen LogP contribution is 2.38. The van der Waals surface area contributed by atoms with Crippen LogP contribution in [-0.2, 0) is 21.4 Å². The Labute approximate surface area is 211 Å². The molecule has 2 aromatic carbocycles. The quantitative estimate of drug-likeness (QED) is 0.477. The maximum Gasteiger partial charge on any atom is 0.260 e. The maximum absolute atomic E-state index is 12.6. The lowest BCUT2D eigenvalue weighted by Gasteiger charge is -2.20. The Morgan fingerprint density at radius 2 is 1.66 bits per heavy atom. The van der Waals surface area contributed by atoms with Crippen molar-refractivity contribution in [2.75, 3.05) is 35.0 Å². The Morgan fingerprint density at radius 1 is 1.03 bits per heavy atom. The Balaban J connectivity index is 1.62. The number of sulfonamides is 1. The predicted octanol–water partition coefficient (Wildman–Crippen LogP) is 3.62. The highest BCUT2D eigenvalue weighted by atomic mass is 35.5. The summed E-state index contributed by atoms with van der Waals surface area (Å²) in [5.74, 6) is 1.37. The van der Waals surface area contributed by atoms with Crippen LogP contribution in [0.25, 0.3) is 0 Å². The van der Waals surface area contributed by atoms with Crippen LogP contribution in [0.3, 0.4) is 0 Å². The molecule has 1 aliphatic rings. The van der Waals surface area contributed by atoms with Crippen LogP contribution in [0.15, 0.2) is 35.2 Å². The molecular formula is C24H31ClN2O7S. The number of amides is 1. The second-order valence-corrected chi connectivity index (χ2v) is 10.4. The van der Waals surface area contributed by atoms with Crippen molar-refractivity contribution in [2.45, 2.75) is 43.2 Å². The van der Waals surface area contributed by atoms with Gasteiger partial charge in [0.25, 0.3) is 5.91 Å². The van der Waals surface area contributed by atoms with Crippen LogP contribution in [0, 0.1) is 0 Å². The molecular weight excluding hydrogens is 496 g/mol. The molecule has 1 fully saturated rings. The first-order valence-electron chi connectivity index (χ1n) is 11.2. The lowest BCUT2D eigenvalue weighted by Crippen LogP contribution is -2.32. The minimum atomic E-state index is -3.67. The minimum absolute atomic E-state index is 0.0477. The molecule has 0 radical (unpaired) electrons. The number of nitrogens with zero attached hydrogens (tertiary/aromatic N) is 1. The van der Waals surface area contributed by atoms with Crippen molar-refractivity contribution in [3.05, 3.63) is 40.9 Å². The smallest absolute Gasteiger partial charge is 0.260 e. The largest absolute Gasteiger partial charge is 0.493 e. The third-order valence-corrected chi connectivity index (χ3v) is 7.63. The average molecular weight is 527 g/mol. The molecule has 1 N–H and O–H groups in total. The van der Waals surface area contributed by atoms with E-state index < -0.39 is 10.0 Å². The second-order valence-electron chi connectivity index (χ2n) is 8.27. The maximum atomic E-state index is 12.6. The van der Waals surface area contributed by atoms with Crippen molar-refractivity contribution in [1.82, 2.24) is 9.62 Å². The number of carbonyl (C=O) groups excluding carboxylic acids is 1. The van der Waals surface area contributed by atoms with E-state index in [0.29, 0.717) is 17.2 Å². The average Bonchev–Trinajstić information content (AvgIpc) is 3.34. The molecule has 0 aromatic heterocycles. The van der Waals surface area contributed by atoms with E-state index in [9.17, 15) is 13.2 Å². The third kappa shape index (κ3) is 6.71. The number of benzene rings is 2. The SMILES string of the molecule is COc1cc(CN(C)C(=O)COc2ccc(S(=O)(=O)NC3CCCC3)cc2Cl)cc(OC)c1OC. The van der Waals surface area contributed by atoms with E-state index in [1.165, 1.54) is 44.4 Å². The van der Waals surface area contributed by atoms with Crippen LogP contribution >= 0.6 is 11.6 Å². The predicted molar refractivity (Wildman–Crippen MR) is 132 cm³/mol. The monoisotopic (exact) mass is 526 g/mol. The molecule has 2 aromatic rings. The van der Waals surface area contributed by atoms with Crippen molar-refractivity contribution < 1.29 is 32.2 Å². The Morgan fingerprint density at radius 3 is 2.20 bits per heavy atom. The van der Waals surface area contributed by atoms with Gasteiger partial charge in [-0.15, -0.1) is 0 Å². The zero-order chi connectivity index (χ0) is 25.6. The molecule has 0 atom stereocenters. The second kappa shape index (κ2) is 11.8. The summed E-state index contributed by atoms with van der Waals surface area (Å²) in [7, 11) is 2.53. The molecule has 1 amide bonds. The lowest BCUT2D eigenvalue weighted by molar-refractivity contribution is -0.132. The van der Waals surface area contributed by atoms with Crippen molar-refractivity contribution in [3.8, 4) is 23.0 Å². The van der Waals surface area contributed by atoms with E-state index in [4.69, 9.17) is 30.5 Å². The molecule has 192 valence electrons. The Kier molecular flexibility index (Phi) is 9.09. The highest BCUT2D eigenvalue weighted by Gasteiger charge is 2.24. The number of hydrogen-bond acceptors (Lipinski definition) is 7. The fourth-order valence-electron chi connectivity index (χ4n) is 3.94. The number of rotatable bonds is 11. The van der Waals surface area contributed by atoms with Gasteiger partial charge in [-0.05, 0) is 48.7 Å². The van der Waals surface area contributed by atoms with E-state index in [1.807, 2.05) is 0 Å². The van der Waals surface area contributed by atoms with E-state index in [2.05, 4.69) is 4.72 Å². The fourth-order valence-corrected chi connectivity index (χ4v) is 5.57. The highest BCUT2D eigenvalue weighted by molar-refractivity contribution is 7.89. The summed E-state index contributed by atoms with van der Waals surface area (Å²) >= 11 is 6.26. The van der Waals surface area contributed by atoms with Crippen LogP contribution in [0.1, 0.15) is 31.2 Å². The zero-order valence-corrected chi connectivity index (χ0v) is 21.9. The molecule has 11 heteroatoms. The molecule has 35 heavy (non-hydrogen) atoms.